The van der Waals surface area contributed by atoms with E-state index in [0.29, 0.717) is 31.5 Å². The van der Waals surface area contributed by atoms with Crippen LogP contribution in [-0.2, 0) is 11.3 Å². The second-order valence-electron chi connectivity index (χ2n) is 6.67. The Bertz CT molecular complexity index is 1070. The van der Waals surface area contributed by atoms with Gasteiger partial charge in [0, 0.05) is 31.1 Å². The highest BCUT2D eigenvalue weighted by Crippen LogP contribution is 2.37. The van der Waals surface area contributed by atoms with E-state index < -0.39 is 5.66 Å². The van der Waals surface area contributed by atoms with Gasteiger partial charge >= 0.3 is 0 Å². The second-order valence-corrected chi connectivity index (χ2v) is 6.67. The monoisotopic (exact) mass is 373 g/mol. The van der Waals surface area contributed by atoms with E-state index in [-0.39, 0.29) is 12.5 Å². The van der Waals surface area contributed by atoms with E-state index in [0.717, 1.165) is 16.5 Å². The molecule has 1 amide bonds. The van der Waals surface area contributed by atoms with Crippen molar-refractivity contribution < 1.29 is 4.79 Å². The quantitative estimate of drug-likeness (QED) is 0.614. The zero-order valence-corrected chi connectivity index (χ0v) is 15.2. The number of tetrazole rings is 1. The van der Waals surface area contributed by atoms with Crippen molar-refractivity contribution in [2.45, 2.75) is 37.9 Å². The van der Waals surface area contributed by atoms with Crippen LogP contribution in [0.2, 0.25) is 0 Å². The Hall–Kier alpha value is -3.60. The number of carbonyl (C=O) groups excluding carboxylic acids is 1. The first kappa shape index (κ1) is 17.8. The summed E-state index contributed by atoms with van der Waals surface area (Å²) >= 11 is 0. The Morgan fingerprint density at radius 3 is 2.79 bits per heavy atom. The molecule has 140 valence electrons. The van der Waals surface area contributed by atoms with Crippen molar-refractivity contribution in [3.05, 3.63) is 48.3 Å². The van der Waals surface area contributed by atoms with Crippen molar-refractivity contribution in [2.24, 2.45) is 10.2 Å². The lowest BCUT2D eigenvalue weighted by molar-refractivity contribution is -0.121. The molecule has 2 heterocycles. The van der Waals surface area contributed by atoms with Crippen LogP contribution in [0.1, 0.15) is 31.5 Å². The van der Waals surface area contributed by atoms with Crippen LogP contribution in [0.15, 0.2) is 52.7 Å². The molecule has 8 nitrogen and oxygen atoms in total. The highest BCUT2D eigenvalue weighted by atomic mass is 16.1. The van der Waals surface area contributed by atoms with E-state index in [2.05, 4.69) is 37.0 Å². The maximum atomic E-state index is 12.2. The molecule has 0 saturated carbocycles. The molecule has 1 aliphatic heterocycles. The number of hydrogen-bond donors (Lipinski definition) is 1. The third kappa shape index (κ3) is 3.74. The minimum absolute atomic E-state index is 0.0927. The summed E-state index contributed by atoms with van der Waals surface area (Å²) < 4.78 is 1.66. The van der Waals surface area contributed by atoms with Crippen LogP contribution in [0.5, 0.6) is 0 Å². The van der Waals surface area contributed by atoms with Crippen LogP contribution in [0, 0.1) is 12.3 Å². The first-order valence-corrected chi connectivity index (χ1v) is 9.10. The van der Waals surface area contributed by atoms with Gasteiger partial charge in [0.2, 0.25) is 5.91 Å². The van der Waals surface area contributed by atoms with Crippen LogP contribution in [0.3, 0.4) is 0 Å². The van der Waals surface area contributed by atoms with Gasteiger partial charge in [0.05, 0.1) is 12.2 Å². The number of rotatable bonds is 8. The summed E-state index contributed by atoms with van der Waals surface area (Å²) in [5.41, 5.74) is 0.421. The third-order valence-electron chi connectivity index (χ3n) is 4.78. The van der Waals surface area contributed by atoms with Crippen molar-refractivity contribution >= 4 is 16.7 Å². The molecule has 0 saturated heterocycles. The van der Waals surface area contributed by atoms with Crippen LogP contribution < -0.4 is 5.32 Å². The predicted molar refractivity (Wildman–Crippen MR) is 103 cm³/mol. The van der Waals surface area contributed by atoms with Crippen molar-refractivity contribution in [3.8, 4) is 18.0 Å². The molecular weight excluding hydrogens is 354 g/mol. The Kier molecular flexibility index (Phi) is 4.81. The summed E-state index contributed by atoms with van der Waals surface area (Å²) in [5.74, 6) is 3.05. The first-order valence-electron chi connectivity index (χ1n) is 9.10. The summed E-state index contributed by atoms with van der Waals surface area (Å²) in [6, 6.07) is 14.0. The number of fused-ring (bicyclic) bond motifs is 1. The standard InChI is InChI=1S/C20H19N7O/c1-2-3-12-20(23-24-20)13-11-19(28)21-14-18-22-25-26-27(18)17-10-6-8-15-7-4-5-9-16(15)17/h1,4-10H,3,11-14H2,(H,21,28). The molecule has 0 bridgehead atoms. The number of benzene rings is 2. The summed E-state index contributed by atoms with van der Waals surface area (Å²) in [6.07, 6.45) is 7.47. The van der Waals surface area contributed by atoms with Gasteiger partial charge in [-0.25, -0.2) is 0 Å². The fourth-order valence-corrected chi connectivity index (χ4v) is 3.14. The molecule has 0 aliphatic carbocycles. The number of amides is 1. The van der Waals surface area contributed by atoms with Gasteiger partial charge in [-0.05, 0) is 21.9 Å². The Morgan fingerprint density at radius 1 is 1.14 bits per heavy atom. The van der Waals surface area contributed by atoms with E-state index >= 15 is 0 Å². The molecule has 4 rings (SSSR count). The topological polar surface area (TPSA) is 97.4 Å². The molecule has 1 N–H and O–H groups in total. The molecule has 8 heteroatoms. The minimum atomic E-state index is -0.450. The normalized spacial score (nSPS) is 14.0. The minimum Gasteiger partial charge on any atom is -0.349 e. The number of carbonyl (C=O) groups is 1. The van der Waals surface area contributed by atoms with Gasteiger partial charge in [0.1, 0.15) is 0 Å². The highest BCUT2D eigenvalue weighted by Gasteiger charge is 2.39. The van der Waals surface area contributed by atoms with Gasteiger partial charge in [-0.15, -0.1) is 17.4 Å². The summed E-state index contributed by atoms with van der Waals surface area (Å²) in [6.45, 7) is 0.237. The average molecular weight is 373 g/mol. The van der Waals surface area contributed by atoms with Crippen LogP contribution in [0.25, 0.3) is 16.5 Å². The third-order valence-corrected chi connectivity index (χ3v) is 4.78. The van der Waals surface area contributed by atoms with Crippen LogP contribution in [-0.4, -0.2) is 31.8 Å². The van der Waals surface area contributed by atoms with E-state index in [9.17, 15) is 4.79 Å². The van der Waals surface area contributed by atoms with Gasteiger partial charge in [0.15, 0.2) is 11.5 Å². The molecule has 1 aromatic heterocycles. The largest absolute Gasteiger partial charge is 0.349 e. The number of terminal acetylenes is 1. The highest BCUT2D eigenvalue weighted by molar-refractivity contribution is 5.90. The van der Waals surface area contributed by atoms with E-state index in [1.165, 1.54) is 0 Å². The van der Waals surface area contributed by atoms with Crippen molar-refractivity contribution in [2.75, 3.05) is 0 Å². The maximum Gasteiger partial charge on any atom is 0.220 e. The van der Waals surface area contributed by atoms with Crippen molar-refractivity contribution in [1.29, 1.82) is 0 Å². The maximum absolute atomic E-state index is 12.2. The molecule has 28 heavy (non-hydrogen) atoms. The Balaban J connectivity index is 1.40. The SMILES string of the molecule is C#CCCC1(CCC(=O)NCc2nnnn2-c2cccc3ccccc23)N=N1. The van der Waals surface area contributed by atoms with E-state index in [1.807, 2.05) is 42.5 Å². The predicted octanol–water partition coefficient (Wildman–Crippen LogP) is 2.79. The van der Waals surface area contributed by atoms with E-state index in [1.54, 1.807) is 4.68 Å². The fourth-order valence-electron chi connectivity index (χ4n) is 3.14. The molecule has 3 aromatic rings. The zero-order chi connectivity index (χ0) is 19.4. The molecule has 0 unspecified atom stereocenters. The van der Waals surface area contributed by atoms with Gasteiger partial charge in [-0.1, -0.05) is 36.4 Å². The Labute approximate surface area is 162 Å². The van der Waals surface area contributed by atoms with Crippen molar-refractivity contribution in [3.63, 3.8) is 0 Å². The van der Waals surface area contributed by atoms with E-state index in [4.69, 9.17) is 6.42 Å². The van der Waals surface area contributed by atoms with Crippen molar-refractivity contribution in [1.82, 2.24) is 25.5 Å². The second kappa shape index (κ2) is 7.56. The van der Waals surface area contributed by atoms with Gasteiger partial charge in [-0.2, -0.15) is 14.9 Å². The number of nitrogens with zero attached hydrogens (tertiary/aromatic N) is 6. The lowest BCUT2D eigenvalue weighted by Gasteiger charge is -2.10. The lowest BCUT2D eigenvalue weighted by Crippen LogP contribution is -2.26. The lowest BCUT2D eigenvalue weighted by atomic mass is 10.0. The van der Waals surface area contributed by atoms with Gasteiger partial charge in [-0.3, -0.25) is 4.79 Å². The Morgan fingerprint density at radius 2 is 1.96 bits per heavy atom. The summed E-state index contributed by atoms with van der Waals surface area (Å²) in [5, 5.41) is 25.0. The molecule has 0 radical (unpaired) electrons. The molecule has 1 aliphatic rings. The average Bonchev–Trinajstić information content (AvgIpc) is 3.35. The molecule has 0 spiro atoms. The molecule has 0 fully saturated rings. The first-order chi connectivity index (χ1) is 13.7. The molecule has 0 atom stereocenters. The van der Waals surface area contributed by atoms with Crippen LogP contribution in [0.4, 0.5) is 0 Å². The molecule has 2 aromatic carbocycles. The zero-order valence-electron chi connectivity index (χ0n) is 15.2. The van der Waals surface area contributed by atoms with Gasteiger partial charge < -0.3 is 5.32 Å². The van der Waals surface area contributed by atoms with Crippen LogP contribution >= 0.6 is 0 Å². The van der Waals surface area contributed by atoms with Gasteiger partial charge in [0.25, 0.3) is 0 Å². The molecular formula is C20H19N7O. The fraction of sp³-hybridized carbons (Fsp3) is 0.300. The smallest absolute Gasteiger partial charge is 0.220 e. The number of hydrogen-bond acceptors (Lipinski definition) is 6. The summed E-state index contributed by atoms with van der Waals surface area (Å²) in [7, 11) is 0. The number of aromatic nitrogens is 4. The number of nitrogens with one attached hydrogen (secondary N) is 1. The summed E-state index contributed by atoms with van der Waals surface area (Å²) in [4.78, 5) is 12.2.